The quantitative estimate of drug-likeness (QED) is 0.822. The summed E-state index contributed by atoms with van der Waals surface area (Å²) in [6.45, 7) is 5.30. The van der Waals surface area contributed by atoms with Crippen molar-refractivity contribution in [2.24, 2.45) is 0 Å². The van der Waals surface area contributed by atoms with Gasteiger partial charge in [-0.3, -0.25) is 4.79 Å². The number of halogens is 2. The Bertz CT molecular complexity index is 482. The maximum Gasteiger partial charge on any atom is 0.225 e. The molecule has 1 saturated heterocycles. The van der Waals surface area contributed by atoms with Crippen LogP contribution in [0.4, 0.5) is 11.4 Å². The number of nitrogens with zero attached hydrogens (tertiary/aromatic N) is 1. The molecule has 1 heterocycles. The number of nitrogens with one attached hydrogen (secondary N) is 2. The Balaban J connectivity index is 0.00000242. The van der Waals surface area contributed by atoms with Crippen LogP contribution in [0.25, 0.3) is 0 Å². The Labute approximate surface area is 156 Å². The molecule has 1 fully saturated rings. The Morgan fingerprint density at radius 2 is 2.17 bits per heavy atom. The Kier molecular flexibility index (Phi) is 10.7. The average molecular weight is 380 g/mol. The Morgan fingerprint density at radius 3 is 2.78 bits per heavy atom. The van der Waals surface area contributed by atoms with Crippen LogP contribution in [-0.2, 0) is 4.79 Å². The average Bonchev–Trinajstić information content (AvgIpc) is 2.47. The summed E-state index contributed by atoms with van der Waals surface area (Å²) in [7, 11) is 2.06. The van der Waals surface area contributed by atoms with E-state index in [0.29, 0.717) is 18.5 Å². The van der Waals surface area contributed by atoms with E-state index in [1.165, 1.54) is 0 Å². The van der Waals surface area contributed by atoms with Crippen molar-refractivity contribution in [2.75, 3.05) is 35.3 Å². The number of hydrogen-bond donors (Lipinski definition) is 2. The van der Waals surface area contributed by atoms with Gasteiger partial charge in [0.15, 0.2) is 0 Å². The lowest BCUT2D eigenvalue weighted by Gasteiger charge is -2.24. The molecule has 2 rings (SSSR count). The number of hydrogen-bond acceptors (Lipinski definition) is 4. The largest absolute Gasteiger partial charge is 0.372 e. The zero-order valence-electron chi connectivity index (χ0n) is 13.9. The number of amides is 1. The predicted octanol–water partition coefficient (Wildman–Crippen LogP) is 3.41. The maximum absolute atomic E-state index is 12.1. The second kappa shape index (κ2) is 11.0. The summed E-state index contributed by atoms with van der Waals surface area (Å²) in [6.07, 6.45) is 0.539. The highest BCUT2D eigenvalue weighted by Crippen LogP contribution is 2.20. The first-order valence-electron chi connectivity index (χ1n) is 7.50. The van der Waals surface area contributed by atoms with E-state index in [1.54, 1.807) is 0 Å². The Morgan fingerprint density at radius 1 is 1.43 bits per heavy atom. The summed E-state index contributed by atoms with van der Waals surface area (Å²) in [5.74, 6) is 2.24. The molecule has 23 heavy (non-hydrogen) atoms. The number of carbonyl (C=O) groups is 1. The molecule has 1 aromatic carbocycles. The molecule has 1 amide bonds. The first-order valence-corrected chi connectivity index (χ1v) is 8.65. The van der Waals surface area contributed by atoms with Gasteiger partial charge in [0.2, 0.25) is 5.91 Å². The highest BCUT2D eigenvalue weighted by atomic mass is 35.5. The van der Waals surface area contributed by atoms with E-state index in [4.69, 9.17) is 0 Å². The van der Waals surface area contributed by atoms with Crippen molar-refractivity contribution in [2.45, 2.75) is 32.4 Å². The molecular weight excluding hydrogens is 353 g/mol. The molecule has 1 unspecified atom stereocenters. The molecular formula is C16H27Cl2N3OS. The van der Waals surface area contributed by atoms with Crippen molar-refractivity contribution < 1.29 is 4.79 Å². The van der Waals surface area contributed by atoms with Gasteiger partial charge < -0.3 is 15.5 Å². The molecule has 1 aromatic rings. The van der Waals surface area contributed by atoms with E-state index >= 15 is 0 Å². The third-order valence-electron chi connectivity index (χ3n) is 3.74. The zero-order valence-corrected chi connectivity index (χ0v) is 16.3. The fourth-order valence-corrected chi connectivity index (χ4v) is 3.24. The smallest absolute Gasteiger partial charge is 0.225 e. The van der Waals surface area contributed by atoms with Crippen molar-refractivity contribution in [3.8, 4) is 0 Å². The molecule has 0 aliphatic carbocycles. The van der Waals surface area contributed by atoms with Crippen LogP contribution in [0.15, 0.2) is 24.3 Å². The van der Waals surface area contributed by atoms with Crippen LogP contribution in [-0.4, -0.2) is 43.1 Å². The number of anilines is 2. The summed E-state index contributed by atoms with van der Waals surface area (Å²) < 4.78 is 0. The highest BCUT2D eigenvalue weighted by Gasteiger charge is 2.16. The number of rotatable bonds is 5. The van der Waals surface area contributed by atoms with Gasteiger partial charge in [-0.15, -0.1) is 24.8 Å². The minimum Gasteiger partial charge on any atom is -0.372 e. The predicted molar refractivity (Wildman–Crippen MR) is 107 cm³/mol. The molecule has 0 spiro atoms. The van der Waals surface area contributed by atoms with Crippen LogP contribution in [0, 0.1) is 0 Å². The van der Waals surface area contributed by atoms with Gasteiger partial charge in [-0.05, 0) is 32.0 Å². The normalized spacial score (nSPS) is 17.0. The van der Waals surface area contributed by atoms with Gasteiger partial charge in [-0.2, -0.15) is 11.8 Å². The Hall–Kier alpha value is -0.620. The SMILES string of the molecule is CC(C)N(C)c1cccc(NC(=O)CC2CSCCN2)c1.Cl.Cl. The van der Waals surface area contributed by atoms with Gasteiger partial charge in [0, 0.05) is 55.0 Å². The van der Waals surface area contributed by atoms with Crippen LogP contribution in [0.3, 0.4) is 0 Å². The lowest BCUT2D eigenvalue weighted by Crippen LogP contribution is -2.39. The zero-order chi connectivity index (χ0) is 15.2. The van der Waals surface area contributed by atoms with Gasteiger partial charge in [-0.1, -0.05) is 6.07 Å². The summed E-state index contributed by atoms with van der Waals surface area (Å²) in [5, 5.41) is 6.40. The van der Waals surface area contributed by atoms with Gasteiger partial charge >= 0.3 is 0 Å². The highest BCUT2D eigenvalue weighted by molar-refractivity contribution is 7.99. The standard InChI is InChI=1S/C16H25N3OS.2ClH/c1-12(2)19(3)15-6-4-5-13(9-15)18-16(20)10-14-11-21-8-7-17-14;;/h4-6,9,12,14,17H,7-8,10-11H2,1-3H3,(H,18,20);2*1H. The number of thioether (sulfide) groups is 1. The lowest BCUT2D eigenvalue weighted by molar-refractivity contribution is -0.116. The van der Waals surface area contributed by atoms with Crippen LogP contribution in [0.5, 0.6) is 0 Å². The summed E-state index contributed by atoms with van der Waals surface area (Å²) in [4.78, 5) is 14.3. The minimum atomic E-state index is 0. The molecule has 2 N–H and O–H groups in total. The molecule has 7 heteroatoms. The first-order chi connectivity index (χ1) is 10.1. The molecule has 0 saturated carbocycles. The fourth-order valence-electron chi connectivity index (χ4n) is 2.29. The summed E-state index contributed by atoms with van der Waals surface area (Å²) >= 11 is 1.91. The number of benzene rings is 1. The molecule has 4 nitrogen and oxygen atoms in total. The molecule has 1 atom stereocenters. The van der Waals surface area contributed by atoms with E-state index in [-0.39, 0.29) is 30.7 Å². The van der Waals surface area contributed by atoms with E-state index < -0.39 is 0 Å². The number of carbonyl (C=O) groups excluding carboxylic acids is 1. The minimum absolute atomic E-state index is 0. The van der Waals surface area contributed by atoms with Crippen LogP contribution in [0.1, 0.15) is 20.3 Å². The second-order valence-corrected chi connectivity index (χ2v) is 6.88. The van der Waals surface area contributed by atoms with Gasteiger partial charge in [0.05, 0.1) is 0 Å². The molecule has 0 radical (unpaired) electrons. The van der Waals surface area contributed by atoms with Gasteiger partial charge in [0.1, 0.15) is 0 Å². The van der Waals surface area contributed by atoms with E-state index in [0.717, 1.165) is 29.4 Å². The van der Waals surface area contributed by atoms with Crippen molar-refractivity contribution in [3.05, 3.63) is 24.3 Å². The molecule has 1 aliphatic rings. The second-order valence-electron chi connectivity index (χ2n) is 5.73. The first kappa shape index (κ1) is 22.4. The summed E-state index contributed by atoms with van der Waals surface area (Å²) in [6, 6.07) is 8.75. The molecule has 132 valence electrons. The third kappa shape index (κ3) is 7.21. The molecule has 1 aliphatic heterocycles. The monoisotopic (exact) mass is 379 g/mol. The van der Waals surface area contributed by atoms with Crippen LogP contribution >= 0.6 is 36.6 Å². The van der Waals surface area contributed by atoms with Crippen molar-refractivity contribution in [1.82, 2.24) is 5.32 Å². The topological polar surface area (TPSA) is 44.4 Å². The van der Waals surface area contributed by atoms with Gasteiger partial charge in [0.25, 0.3) is 0 Å². The fraction of sp³-hybridized carbons (Fsp3) is 0.562. The maximum atomic E-state index is 12.1. The van der Waals surface area contributed by atoms with Crippen LogP contribution in [0.2, 0.25) is 0 Å². The van der Waals surface area contributed by atoms with Gasteiger partial charge in [-0.25, -0.2) is 0 Å². The van der Waals surface area contributed by atoms with Crippen molar-refractivity contribution >= 4 is 53.9 Å². The molecule has 0 bridgehead atoms. The molecule has 0 aromatic heterocycles. The van der Waals surface area contributed by atoms with E-state index in [9.17, 15) is 4.79 Å². The van der Waals surface area contributed by atoms with Crippen molar-refractivity contribution in [1.29, 1.82) is 0 Å². The summed E-state index contributed by atoms with van der Waals surface area (Å²) in [5.41, 5.74) is 1.99. The van der Waals surface area contributed by atoms with E-state index in [2.05, 4.69) is 42.5 Å². The lowest BCUT2D eigenvalue weighted by atomic mass is 10.2. The third-order valence-corrected chi connectivity index (χ3v) is 4.87. The van der Waals surface area contributed by atoms with E-state index in [1.807, 2.05) is 30.0 Å². The van der Waals surface area contributed by atoms with Crippen LogP contribution < -0.4 is 15.5 Å². The van der Waals surface area contributed by atoms with Crippen molar-refractivity contribution in [3.63, 3.8) is 0 Å².